The largest absolute Gasteiger partial charge is 0.411 e. The predicted octanol–water partition coefficient (Wildman–Crippen LogP) is 0.412. The molecule has 0 bridgehead atoms. The van der Waals surface area contributed by atoms with E-state index in [0.717, 1.165) is 5.56 Å². The van der Waals surface area contributed by atoms with Crippen molar-refractivity contribution in [1.29, 1.82) is 0 Å². The highest BCUT2D eigenvalue weighted by Gasteiger charge is 2.02. The maximum atomic E-state index is 5.58. The highest BCUT2D eigenvalue weighted by Crippen LogP contribution is 2.25. The summed E-state index contributed by atoms with van der Waals surface area (Å²) in [6, 6.07) is 3.30. The Morgan fingerprint density at radius 3 is 2.45 bits per heavy atom. The van der Waals surface area contributed by atoms with E-state index < -0.39 is 0 Å². The minimum Gasteiger partial charge on any atom is -0.411 e. The zero-order valence-electron chi connectivity index (χ0n) is 6.29. The lowest BCUT2D eigenvalue weighted by Gasteiger charge is -2.06. The zero-order chi connectivity index (χ0) is 8.43. The molecule has 1 aromatic rings. The van der Waals surface area contributed by atoms with Crippen LogP contribution in [0.1, 0.15) is 5.56 Å². The van der Waals surface area contributed by atoms with Crippen molar-refractivity contribution in [2.75, 3.05) is 11.5 Å². The first kappa shape index (κ1) is 7.68. The predicted molar refractivity (Wildman–Crippen MR) is 44.8 cm³/mol. The summed E-state index contributed by atoms with van der Waals surface area (Å²) in [5, 5.41) is 0. The number of hydrogen-bond acceptors (Lipinski definition) is 4. The molecule has 1 aromatic carbocycles. The fraction of sp³-hybridized carbons (Fsp3) is 0.143. The Labute approximate surface area is 64.9 Å². The van der Waals surface area contributed by atoms with Crippen molar-refractivity contribution >= 4 is 11.4 Å². The van der Waals surface area contributed by atoms with Gasteiger partial charge in [-0.1, -0.05) is 0 Å². The maximum absolute atomic E-state index is 5.58. The van der Waals surface area contributed by atoms with E-state index in [1.807, 2.05) is 6.92 Å². The van der Waals surface area contributed by atoms with Gasteiger partial charge >= 0.3 is 0 Å². The molecule has 11 heavy (non-hydrogen) atoms. The lowest BCUT2D eigenvalue weighted by Crippen LogP contribution is -2.05. The zero-order valence-corrected chi connectivity index (χ0v) is 6.29. The van der Waals surface area contributed by atoms with Crippen molar-refractivity contribution in [3.8, 4) is 5.75 Å². The van der Waals surface area contributed by atoms with E-state index in [2.05, 4.69) is 4.84 Å². The molecule has 0 amide bonds. The second-order valence-electron chi connectivity index (χ2n) is 2.35. The topological polar surface area (TPSA) is 87.3 Å². The number of nitrogens with two attached hydrogens (primary N) is 3. The molecule has 0 aliphatic heterocycles. The molecule has 0 saturated heterocycles. The summed E-state index contributed by atoms with van der Waals surface area (Å²) < 4.78 is 0. The molecule has 0 heterocycles. The number of hydrogen-bond donors (Lipinski definition) is 3. The van der Waals surface area contributed by atoms with Crippen molar-refractivity contribution in [1.82, 2.24) is 0 Å². The van der Waals surface area contributed by atoms with Crippen molar-refractivity contribution in [3.63, 3.8) is 0 Å². The van der Waals surface area contributed by atoms with Gasteiger partial charge in [0.25, 0.3) is 0 Å². The molecule has 4 heteroatoms. The van der Waals surface area contributed by atoms with Gasteiger partial charge in [-0.05, 0) is 13.0 Å². The van der Waals surface area contributed by atoms with Gasteiger partial charge < -0.3 is 16.3 Å². The Kier molecular flexibility index (Phi) is 1.87. The molecule has 0 unspecified atom stereocenters. The van der Waals surface area contributed by atoms with Gasteiger partial charge in [0.1, 0.15) is 0 Å². The van der Waals surface area contributed by atoms with Crippen LogP contribution in [-0.4, -0.2) is 0 Å². The van der Waals surface area contributed by atoms with E-state index in [1.54, 1.807) is 12.1 Å². The number of benzene rings is 1. The normalized spacial score (nSPS) is 9.64. The highest BCUT2D eigenvalue weighted by molar-refractivity contribution is 5.62. The first-order chi connectivity index (χ1) is 5.15. The molecule has 0 spiro atoms. The van der Waals surface area contributed by atoms with E-state index in [9.17, 15) is 0 Å². The number of rotatable bonds is 1. The van der Waals surface area contributed by atoms with Crippen LogP contribution in [-0.2, 0) is 0 Å². The van der Waals surface area contributed by atoms with Gasteiger partial charge in [-0.15, -0.1) is 0 Å². The van der Waals surface area contributed by atoms with Gasteiger partial charge in [-0.25, -0.2) is 0 Å². The van der Waals surface area contributed by atoms with Crippen LogP contribution < -0.4 is 22.2 Å². The van der Waals surface area contributed by atoms with Crippen LogP contribution in [0.4, 0.5) is 11.4 Å². The quantitative estimate of drug-likeness (QED) is 0.403. The minimum absolute atomic E-state index is 0.516. The summed E-state index contributed by atoms with van der Waals surface area (Å²) in [6.45, 7) is 1.82. The van der Waals surface area contributed by atoms with Gasteiger partial charge in [-0.3, -0.25) is 0 Å². The summed E-state index contributed by atoms with van der Waals surface area (Å²) in [4.78, 5) is 4.55. The molecule has 4 nitrogen and oxygen atoms in total. The van der Waals surface area contributed by atoms with E-state index in [4.69, 9.17) is 17.4 Å². The Morgan fingerprint density at radius 2 is 1.91 bits per heavy atom. The molecule has 0 saturated carbocycles. The second-order valence-corrected chi connectivity index (χ2v) is 2.35. The Morgan fingerprint density at radius 1 is 1.27 bits per heavy atom. The fourth-order valence-electron chi connectivity index (χ4n) is 0.854. The molecule has 0 aromatic heterocycles. The molecule has 0 aliphatic rings. The maximum Gasteiger partial charge on any atom is 0.153 e. The second kappa shape index (κ2) is 2.67. The Balaban J connectivity index is 3.24. The average Bonchev–Trinajstić information content (AvgIpc) is 1.96. The van der Waals surface area contributed by atoms with Crippen molar-refractivity contribution in [2.24, 2.45) is 5.90 Å². The summed E-state index contributed by atoms with van der Waals surface area (Å²) >= 11 is 0. The van der Waals surface area contributed by atoms with E-state index >= 15 is 0 Å². The molecule has 1 rings (SSSR count). The van der Waals surface area contributed by atoms with Crippen LogP contribution in [0.25, 0.3) is 0 Å². The van der Waals surface area contributed by atoms with Gasteiger partial charge in [0.2, 0.25) is 0 Å². The van der Waals surface area contributed by atoms with Gasteiger partial charge in [0, 0.05) is 23.0 Å². The average molecular weight is 153 g/mol. The van der Waals surface area contributed by atoms with Gasteiger partial charge in [0.15, 0.2) is 5.75 Å². The Hall–Kier alpha value is -1.42. The fourth-order valence-corrected chi connectivity index (χ4v) is 0.854. The molecule has 0 atom stereocenters. The monoisotopic (exact) mass is 153 g/mol. The van der Waals surface area contributed by atoms with Crippen molar-refractivity contribution in [3.05, 3.63) is 17.7 Å². The van der Waals surface area contributed by atoms with Crippen LogP contribution in [0.5, 0.6) is 5.75 Å². The standard InChI is InChI=1S/C7H11N3O/c1-4-6(9)2-5(8)3-7(4)11-10/h2-3H,8-10H2,1H3. The third-order valence-corrected chi connectivity index (χ3v) is 1.55. The molecule has 60 valence electrons. The minimum atomic E-state index is 0.516. The summed E-state index contributed by atoms with van der Waals surface area (Å²) in [5.74, 6) is 5.49. The molecule has 0 radical (unpaired) electrons. The number of anilines is 2. The van der Waals surface area contributed by atoms with Crippen molar-refractivity contribution < 1.29 is 4.84 Å². The van der Waals surface area contributed by atoms with Crippen LogP contribution in [0.3, 0.4) is 0 Å². The molecular formula is C7H11N3O. The lowest BCUT2D eigenvalue weighted by atomic mass is 10.1. The smallest absolute Gasteiger partial charge is 0.153 e. The highest BCUT2D eigenvalue weighted by atomic mass is 16.6. The van der Waals surface area contributed by atoms with Gasteiger partial charge in [0.05, 0.1) is 0 Å². The summed E-state index contributed by atoms with van der Waals surface area (Å²) in [7, 11) is 0. The van der Waals surface area contributed by atoms with E-state index in [-0.39, 0.29) is 0 Å². The first-order valence-corrected chi connectivity index (χ1v) is 3.17. The van der Waals surface area contributed by atoms with Crippen LogP contribution in [0.15, 0.2) is 12.1 Å². The Bertz CT molecular complexity index is 273. The van der Waals surface area contributed by atoms with Crippen molar-refractivity contribution in [2.45, 2.75) is 6.92 Å². The van der Waals surface area contributed by atoms with Crippen LogP contribution >= 0.6 is 0 Å². The summed E-state index contributed by atoms with van der Waals surface area (Å²) in [5.41, 5.74) is 13.0. The van der Waals surface area contributed by atoms with Gasteiger partial charge in [-0.2, -0.15) is 5.90 Å². The lowest BCUT2D eigenvalue weighted by molar-refractivity contribution is 0.332. The van der Waals surface area contributed by atoms with Crippen LogP contribution in [0.2, 0.25) is 0 Å². The molecular weight excluding hydrogens is 142 g/mol. The third kappa shape index (κ3) is 1.35. The molecule has 0 aliphatic carbocycles. The first-order valence-electron chi connectivity index (χ1n) is 3.17. The SMILES string of the molecule is Cc1c(N)cc(N)cc1ON. The molecule has 0 fully saturated rings. The summed E-state index contributed by atoms with van der Waals surface area (Å²) in [6.07, 6.45) is 0. The van der Waals surface area contributed by atoms with E-state index in [1.165, 1.54) is 0 Å². The third-order valence-electron chi connectivity index (χ3n) is 1.55. The molecule has 6 N–H and O–H groups in total. The van der Waals surface area contributed by atoms with Crippen LogP contribution in [0, 0.1) is 6.92 Å². The number of nitrogen functional groups attached to an aromatic ring is 2. The van der Waals surface area contributed by atoms with E-state index in [0.29, 0.717) is 17.1 Å².